The second kappa shape index (κ2) is 13.3. The molecule has 1 aromatic rings. The molecule has 2 rings (SSSR count). The topological polar surface area (TPSA) is 127 Å². The van der Waals surface area contributed by atoms with Crippen molar-refractivity contribution in [1.29, 1.82) is 0 Å². The summed E-state index contributed by atoms with van der Waals surface area (Å²) in [6.45, 7) is 9.45. The van der Waals surface area contributed by atoms with Crippen LogP contribution >= 0.6 is 0 Å². The molecule has 0 radical (unpaired) electrons. The Morgan fingerprint density at radius 1 is 1.14 bits per heavy atom. The van der Waals surface area contributed by atoms with Crippen molar-refractivity contribution in [1.82, 2.24) is 0 Å². The summed E-state index contributed by atoms with van der Waals surface area (Å²) in [5, 5.41) is 10.9. The second-order valence-electron chi connectivity index (χ2n) is 9.10. The van der Waals surface area contributed by atoms with Gasteiger partial charge in [0.2, 0.25) is 12.5 Å². The second-order valence-corrected chi connectivity index (χ2v) is 9.10. The maximum atomic E-state index is 13.0. The molecule has 1 heterocycles. The zero-order valence-corrected chi connectivity index (χ0v) is 22.6. The van der Waals surface area contributed by atoms with Gasteiger partial charge < -0.3 is 33.5 Å². The van der Waals surface area contributed by atoms with E-state index < -0.39 is 41.8 Å². The molecule has 0 aromatic heterocycles. The number of unbranched alkanes of at least 4 members (excludes halogenated alkanes) is 2. The molecule has 1 aliphatic heterocycles. The van der Waals surface area contributed by atoms with Crippen LogP contribution in [0, 0.1) is 0 Å². The minimum atomic E-state index is -2.14. The van der Waals surface area contributed by atoms with Crippen molar-refractivity contribution in [2.75, 3.05) is 13.9 Å². The lowest BCUT2D eigenvalue weighted by atomic mass is 9.99. The minimum Gasteiger partial charge on any atom is -0.493 e. The fourth-order valence-corrected chi connectivity index (χ4v) is 3.48. The molecule has 37 heavy (non-hydrogen) atoms. The summed E-state index contributed by atoms with van der Waals surface area (Å²) >= 11 is 0. The molecule has 206 valence electrons. The van der Waals surface area contributed by atoms with E-state index in [0.717, 1.165) is 12.8 Å². The van der Waals surface area contributed by atoms with Gasteiger partial charge in [-0.25, -0.2) is 9.59 Å². The number of ether oxygens (including phenoxy) is 6. The summed E-state index contributed by atoms with van der Waals surface area (Å²) in [7, 11) is 1.46. The summed E-state index contributed by atoms with van der Waals surface area (Å²) in [5.74, 6) is -1.03. The molecule has 0 aliphatic carbocycles. The Hall–Kier alpha value is -3.27. The van der Waals surface area contributed by atoms with E-state index >= 15 is 0 Å². The highest BCUT2D eigenvalue weighted by atomic mass is 16.7. The lowest BCUT2D eigenvalue weighted by molar-refractivity contribution is -0.193. The number of methoxy groups -OCH3 is 1. The molecule has 0 fully saturated rings. The number of carbonyl (C=O) groups is 3. The van der Waals surface area contributed by atoms with E-state index in [2.05, 4.69) is 0 Å². The molecular weight excluding hydrogens is 484 g/mol. The molecule has 0 unspecified atom stereocenters. The van der Waals surface area contributed by atoms with E-state index in [1.165, 1.54) is 27.9 Å². The first-order valence-electron chi connectivity index (χ1n) is 12.4. The molecule has 1 aliphatic rings. The summed E-state index contributed by atoms with van der Waals surface area (Å²) in [6.07, 6.45) is 0.950. The number of benzene rings is 1. The van der Waals surface area contributed by atoms with E-state index in [9.17, 15) is 19.5 Å². The Labute approximate surface area is 217 Å². The van der Waals surface area contributed by atoms with Crippen LogP contribution in [0.2, 0.25) is 0 Å². The number of aliphatic hydroxyl groups is 1. The first-order chi connectivity index (χ1) is 17.5. The normalized spacial score (nSPS) is 16.7. The van der Waals surface area contributed by atoms with Crippen LogP contribution in [0.3, 0.4) is 0 Å². The van der Waals surface area contributed by atoms with Crippen molar-refractivity contribution in [3.05, 3.63) is 29.3 Å². The van der Waals surface area contributed by atoms with Crippen molar-refractivity contribution >= 4 is 17.9 Å². The lowest BCUT2D eigenvalue weighted by Crippen LogP contribution is -2.49. The third-order valence-electron chi connectivity index (χ3n) is 6.22. The van der Waals surface area contributed by atoms with E-state index in [4.69, 9.17) is 28.4 Å². The van der Waals surface area contributed by atoms with E-state index in [1.807, 2.05) is 6.92 Å². The monoisotopic (exact) mass is 522 g/mol. The fourth-order valence-electron chi connectivity index (χ4n) is 3.48. The number of rotatable bonds is 13. The molecule has 0 spiro atoms. The molecule has 1 aromatic carbocycles. The fraction of sp³-hybridized carbons (Fsp3) is 0.593. The number of hydrogen-bond acceptors (Lipinski definition) is 10. The predicted molar refractivity (Wildman–Crippen MR) is 133 cm³/mol. The molecule has 10 nitrogen and oxygen atoms in total. The summed E-state index contributed by atoms with van der Waals surface area (Å²) in [4.78, 5) is 37.7. The van der Waals surface area contributed by atoms with E-state index in [0.29, 0.717) is 34.8 Å². The Bertz CT molecular complexity index is 997. The third kappa shape index (κ3) is 7.61. The van der Waals surface area contributed by atoms with Crippen molar-refractivity contribution < 1.29 is 47.9 Å². The van der Waals surface area contributed by atoms with Crippen LogP contribution in [0.4, 0.5) is 0 Å². The molecule has 0 bridgehead atoms. The molecule has 10 heteroatoms. The largest absolute Gasteiger partial charge is 0.493 e. The highest BCUT2D eigenvalue weighted by Gasteiger charge is 2.43. The standard InChI is InChI=1S/C27H38O10/c1-8-10-11-12-22(28)36-18(5)27(6,31)26(30)35-17(4)23(37-25(29)16(3)9-2)19-13-20(32-7)24-21(14-19)33-15-34-24/h9,13-14,17-18,23,31H,8,10-12,15H2,1-7H3/t17-,18-,23-,27+/m0/s1. The first-order valence-corrected chi connectivity index (χ1v) is 12.4. The van der Waals surface area contributed by atoms with Crippen LogP contribution in [0.5, 0.6) is 17.2 Å². The van der Waals surface area contributed by atoms with Crippen molar-refractivity contribution in [3.8, 4) is 17.2 Å². The van der Waals surface area contributed by atoms with Crippen LogP contribution in [0.15, 0.2) is 23.8 Å². The minimum absolute atomic E-state index is 0.000257. The Morgan fingerprint density at radius 3 is 2.46 bits per heavy atom. The summed E-state index contributed by atoms with van der Waals surface area (Å²) in [6, 6.07) is 3.20. The van der Waals surface area contributed by atoms with Crippen LogP contribution in [-0.4, -0.2) is 54.7 Å². The Balaban J connectivity index is 2.25. The van der Waals surface area contributed by atoms with Gasteiger partial charge in [-0.05, 0) is 53.2 Å². The molecule has 0 saturated carbocycles. The summed E-state index contributed by atoms with van der Waals surface area (Å²) < 4.78 is 32.8. The average Bonchev–Trinajstić information content (AvgIpc) is 3.34. The maximum absolute atomic E-state index is 13.0. The zero-order valence-electron chi connectivity index (χ0n) is 22.6. The molecule has 0 amide bonds. The predicted octanol–water partition coefficient (Wildman–Crippen LogP) is 4.17. The molecule has 4 atom stereocenters. The number of esters is 3. The summed E-state index contributed by atoms with van der Waals surface area (Å²) in [5.41, 5.74) is -1.37. The first kappa shape index (κ1) is 30.0. The quantitative estimate of drug-likeness (QED) is 0.174. The van der Waals surface area contributed by atoms with Crippen molar-refractivity contribution in [2.24, 2.45) is 0 Å². The maximum Gasteiger partial charge on any atom is 0.342 e. The van der Waals surface area contributed by atoms with Crippen LogP contribution in [-0.2, 0) is 28.6 Å². The van der Waals surface area contributed by atoms with E-state index in [1.54, 1.807) is 32.1 Å². The lowest BCUT2D eigenvalue weighted by Gasteiger charge is -2.31. The number of hydrogen-bond donors (Lipinski definition) is 1. The van der Waals surface area contributed by atoms with Gasteiger partial charge in [-0.3, -0.25) is 4.79 Å². The Morgan fingerprint density at radius 2 is 1.84 bits per heavy atom. The van der Waals surface area contributed by atoms with Gasteiger partial charge in [-0.2, -0.15) is 0 Å². The van der Waals surface area contributed by atoms with Gasteiger partial charge in [0.1, 0.15) is 12.2 Å². The molecule has 0 saturated heterocycles. The van der Waals surface area contributed by atoms with Gasteiger partial charge in [0.15, 0.2) is 23.2 Å². The Kier molecular flexibility index (Phi) is 10.8. The van der Waals surface area contributed by atoms with Gasteiger partial charge in [0.05, 0.1) is 7.11 Å². The number of allylic oxidation sites excluding steroid dienone is 1. The average molecular weight is 523 g/mol. The SMILES string of the molecule is CC=C(C)C(=O)O[C@H](c1cc(OC)c2c(c1)OCO2)[C@H](C)OC(=O)[C@](C)(O)[C@H](C)OC(=O)CCCCC. The third-order valence-corrected chi connectivity index (χ3v) is 6.22. The molecular formula is C27H38O10. The number of fused-ring (bicyclic) bond motifs is 1. The van der Waals surface area contributed by atoms with Gasteiger partial charge in [-0.15, -0.1) is 0 Å². The van der Waals surface area contributed by atoms with Crippen LogP contribution in [0.1, 0.15) is 78.9 Å². The highest BCUT2D eigenvalue weighted by Crippen LogP contribution is 2.44. The van der Waals surface area contributed by atoms with Gasteiger partial charge in [-0.1, -0.05) is 25.8 Å². The highest BCUT2D eigenvalue weighted by molar-refractivity contribution is 5.88. The van der Waals surface area contributed by atoms with Crippen molar-refractivity contribution in [2.45, 2.75) is 91.1 Å². The van der Waals surface area contributed by atoms with Gasteiger partial charge in [0.25, 0.3) is 0 Å². The molecule has 1 N–H and O–H groups in total. The zero-order chi connectivity index (χ0) is 27.8. The van der Waals surface area contributed by atoms with Crippen LogP contribution in [0.25, 0.3) is 0 Å². The van der Waals surface area contributed by atoms with Crippen LogP contribution < -0.4 is 14.2 Å². The van der Waals surface area contributed by atoms with Gasteiger partial charge >= 0.3 is 17.9 Å². The van der Waals surface area contributed by atoms with E-state index in [-0.39, 0.29) is 13.2 Å². The van der Waals surface area contributed by atoms with Gasteiger partial charge in [0, 0.05) is 17.6 Å². The smallest absolute Gasteiger partial charge is 0.342 e. The van der Waals surface area contributed by atoms with Crippen molar-refractivity contribution in [3.63, 3.8) is 0 Å². The number of carbonyl (C=O) groups excluding carboxylic acids is 3.